The highest BCUT2D eigenvalue weighted by Crippen LogP contribution is 2.47. The summed E-state index contributed by atoms with van der Waals surface area (Å²) >= 11 is 0. The van der Waals surface area contributed by atoms with Gasteiger partial charge in [-0.2, -0.15) is 0 Å². The predicted molar refractivity (Wildman–Crippen MR) is 212 cm³/mol. The van der Waals surface area contributed by atoms with Crippen molar-refractivity contribution in [3.05, 3.63) is 95.1 Å². The number of nitrogens with zero attached hydrogens (tertiary/aromatic N) is 2. The molecular formula is C44H53N5O4. The molecule has 2 heterocycles. The molecule has 3 aliphatic rings. The summed E-state index contributed by atoms with van der Waals surface area (Å²) in [6.45, 7) is 2.55. The number of hydrogen-bond acceptors (Lipinski definition) is 5. The van der Waals surface area contributed by atoms with E-state index in [1.54, 1.807) is 6.08 Å². The fourth-order valence-corrected chi connectivity index (χ4v) is 8.87. The Hall–Kier alpha value is -4.89. The molecule has 0 saturated heterocycles. The number of rotatable bonds is 12. The van der Waals surface area contributed by atoms with Crippen LogP contribution < -0.4 is 16.0 Å². The minimum absolute atomic E-state index is 0.0755. The van der Waals surface area contributed by atoms with E-state index in [-0.39, 0.29) is 23.3 Å². The van der Waals surface area contributed by atoms with Gasteiger partial charge in [0.05, 0.1) is 17.2 Å². The number of carbonyl (C=O) groups is 3. The summed E-state index contributed by atoms with van der Waals surface area (Å²) < 4.78 is 2.38. The summed E-state index contributed by atoms with van der Waals surface area (Å²) in [4.78, 5) is 41.0. The Morgan fingerprint density at radius 3 is 2.43 bits per heavy atom. The maximum Gasteiger partial charge on any atom is 0.328 e. The molecule has 9 heteroatoms. The van der Waals surface area contributed by atoms with Gasteiger partial charge in [-0.3, -0.25) is 9.59 Å². The van der Waals surface area contributed by atoms with Crippen molar-refractivity contribution in [2.24, 2.45) is 5.92 Å². The van der Waals surface area contributed by atoms with Gasteiger partial charge in [-0.05, 0) is 99.1 Å². The molecule has 1 atom stereocenters. The average molecular weight is 716 g/mol. The first-order valence-corrected chi connectivity index (χ1v) is 19.4. The Morgan fingerprint density at radius 2 is 1.70 bits per heavy atom. The molecule has 4 N–H and O–H groups in total. The lowest BCUT2D eigenvalue weighted by molar-refractivity contribution is -0.131. The third-order valence-corrected chi connectivity index (χ3v) is 11.6. The maximum absolute atomic E-state index is 14.2. The van der Waals surface area contributed by atoms with Gasteiger partial charge < -0.3 is 30.5 Å². The number of nitrogens with one attached hydrogen (secondary N) is 3. The van der Waals surface area contributed by atoms with E-state index in [1.165, 1.54) is 47.0 Å². The molecule has 1 aromatic heterocycles. The summed E-state index contributed by atoms with van der Waals surface area (Å²) in [5.74, 6) is -0.772. The number of likely N-dealkylation sites (N-methyl/N-ethyl adjacent to an activating group) is 1. The van der Waals surface area contributed by atoms with Crippen LogP contribution in [0.5, 0.6) is 0 Å². The normalized spacial score (nSPS) is 18.4. The van der Waals surface area contributed by atoms with Gasteiger partial charge in [0.15, 0.2) is 0 Å². The number of carbonyl (C=O) groups excluding carboxylic acids is 2. The van der Waals surface area contributed by atoms with Crippen molar-refractivity contribution in [2.45, 2.75) is 82.2 Å². The van der Waals surface area contributed by atoms with Gasteiger partial charge in [-0.15, -0.1) is 0 Å². The molecule has 1 aliphatic heterocycles. The van der Waals surface area contributed by atoms with E-state index in [2.05, 4.69) is 61.8 Å². The van der Waals surface area contributed by atoms with Crippen molar-refractivity contribution in [1.82, 2.24) is 20.1 Å². The highest BCUT2D eigenvalue weighted by atomic mass is 16.4. The van der Waals surface area contributed by atoms with Gasteiger partial charge in [0, 0.05) is 60.0 Å². The molecule has 278 valence electrons. The Bertz CT molecular complexity index is 1980. The molecule has 0 radical (unpaired) electrons. The first-order valence-electron chi connectivity index (χ1n) is 19.4. The van der Waals surface area contributed by atoms with E-state index >= 15 is 0 Å². The zero-order valence-electron chi connectivity index (χ0n) is 31.1. The quantitative estimate of drug-likeness (QED) is 0.113. The molecule has 2 saturated carbocycles. The van der Waals surface area contributed by atoms with E-state index in [9.17, 15) is 14.4 Å². The van der Waals surface area contributed by atoms with Crippen molar-refractivity contribution >= 4 is 40.4 Å². The number of carboxylic acids is 1. The smallest absolute Gasteiger partial charge is 0.328 e. The third kappa shape index (κ3) is 8.20. The Labute approximate surface area is 312 Å². The van der Waals surface area contributed by atoms with Crippen LogP contribution in [0, 0.1) is 5.92 Å². The lowest BCUT2D eigenvalue weighted by atomic mass is 9.81. The van der Waals surface area contributed by atoms with Crippen LogP contribution in [0.2, 0.25) is 0 Å². The first-order chi connectivity index (χ1) is 25.7. The number of aliphatic carboxylic acids is 1. The zero-order chi connectivity index (χ0) is 37.0. The molecule has 4 aromatic rings. The fourth-order valence-electron chi connectivity index (χ4n) is 8.87. The second kappa shape index (κ2) is 16.0. The van der Waals surface area contributed by atoms with Crippen LogP contribution in [0.4, 0.5) is 5.69 Å². The van der Waals surface area contributed by atoms with Crippen molar-refractivity contribution in [1.29, 1.82) is 0 Å². The third-order valence-electron chi connectivity index (χ3n) is 11.6. The number of hydrogen-bond donors (Lipinski definition) is 4. The van der Waals surface area contributed by atoms with Crippen LogP contribution in [0.1, 0.15) is 90.8 Å². The molecule has 2 amide bonds. The topological polar surface area (TPSA) is 116 Å². The summed E-state index contributed by atoms with van der Waals surface area (Å²) in [6, 6.07) is 22.5. The number of benzene rings is 3. The molecule has 0 bridgehead atoms. The average Bonchev–Trinajstić information content (AvgIpc) is 3.70. The van der Waals surface area contributed by atoms with Crippen molar-refractivity contribution < 1.29 is 19.5 Å². The monoisotopic (exact) mass is 715 g/mol. The Balaban J connectivity index is 1.20. The molecule has 2 fully saturated rings. The van der Waals surface area contributed by atoms with Gasteiger partial charge in [0.1, 0.15) is 0 Å². The minimum atomic E-state index is -0.977. The van der Waals surface area contributed by atoms with Crippen molar-refractivity contribution in [2.75, 3.05) is 39.0 Å². The Morgan fingerprint density at radius 1 is 0.943 bits per heavy atom. The Kier molecular flexibility index (Phi) is 11.0. The first kappa shape index (κ1) is 36.5. The fraction of sp³-hybridized carbons (Fsp3) is 0.432. The van der Waals surface area contributed by atoms with Crippen LogP contribution in [-0.2, 0) is 22.6 Å². The lowest BCUT2D eigenvalue weighted by Gasteiger charge is -2.31. The lowest BCUT2D eigenvalue weighted by Crippen LogP contribution is -2.51. The van der Waals surface area contributed by atoms with Crippen LogP contribution >= 0.6 is 0 Å². The second-order valence-corrected chi connectivity index (χ2v) is 15.7. The van der Waals surface area contributed by atoms with Gasteiger partial charge in [0.25, 0.3) is 5.91 Å². The van der Waals surface area contributed by atoms with Gasteiger partial charge in [-0.1, -0.05) is 74.6 Å². The summed E-state index contributed by atoms with van der Waals surface area (Å²) in [5, 5.41) is 20.4. The molecule has 3 aromatic carbocycles. The molecule has 53 heavy (non-hydrogen) atoms. The van der Waals surface area contributed by atoms with Crippen LogP contribution in [0.3, 0.4) is 0 Å². The molecule has 0 spiro atoms. The summed E-state index contributed by atoms with van der Waals surface area (Å²) in [5.41, 5.74) is 8.05. The van der Waals surface area contributed by atoms with Crippen molar-refractivity contribution in [3.8, 4) is 11.3 Å². The molecule has 1 unspecified atom stereocenters. The molecule has 2 aliphatic carbocycles. The van der Waals surface area contributed by atoms with E-state index in [4.69, 9.17) is 5.11 Å². The number of amides is 2. The standard InChI is InChI=1S/C44H53N5O4/c1-48(2)25-24-45-42(52)34-26-32-12-6-7-13-36(32)41-40(31-10-4-3-5-11-31)37-20-17-33(27-38(37)49(41)28-34)43(53)47-44(22-8-9-23-44)29-46-35-18-14-30(15-19-35)16-21-39(50)51/h6-7,12-21,27,31,34,46H,3-5,8-11,22-26,28-29H2,1-2H3,(H,45,52)(H,47,53)(H,50,51). The van der Waals surface area contributed by atoms with Crippen LogP contribution in [-0.4, -0.2) is 71.6 Å². The summed E-state index contributed by atoms with van der Waals surface area (Å²) in [7, 11) is 4.03. The van der Waals surface area contributed by atoms with Gasteiger partial charge in [-0.25, -0.2) is 4.79 Å². The predicted octanol–water partition coefficient (Wildman–Crippen LogP) is 7.46. The maximum atomic E-state index is 14.2. The summed E-state index contributed by atoms with van der Waals surface area (Å²) in [6.07, 6.45) is 13.3. The SMILES string of the molecule is CN(C)CCNC(=O)C1Cc2ccccc2-c2c(C3CCCCC3)c3ccc(C(=O)NC4(CNc5ccc(C=CC(=O)O)cc5)CCCC4)cc3n2C1. The van der Waals surface area contributed by atoms with E-state index in [0.29, 0.717) is 37.5 Å². The number of fused-ring (bicyclic) bond motifs is 5. The molecular weight excluding hydrogens is 663 g/mol. The largest absolute Gasteiger partial charge is 0.478 e. The van der Waals surface area contributed by atoms with Crippen molar-refractivity contribution in [3.63, 3.8) is 0 Å². The van der Waals surface area contributed by atoms with E-state index in [0.717, 1.165) is 67.9 Å². The highest BCUT2D eigenvalue weighted by Gasteiger charge is 2.37. The van der Waals surface area contributed by atoms with Crippen LogP contribution in [0.25, 0.3) is 28.2 Å². The van der Waals surface area contributed by atoms with Gasteiger partial charge >= 0.3 is 5.97 Å². The number of aromatic nitrogens is 1. The molecule has 9 nitrogen and oxygen atoms in total. The van der Waals surface area contributed by atoms with E-state index in [1.807, 2.05) is 44.4 Å². The van der Waals surface area contributed by atoms with Gasteiger partial charge in [0.2, 0.25) is 5.91 Å². The minimum Gasteiger partial charge on any atom is -0.478 e. The highest BCUT2D eigenvalue weighted by molar-refractivity contribution is 6.01. The van der Waals surface area contributed by atoms with E-state index < -0.39 is 5.97 Å². The van der Waals surface area contributed by atoms with Crippen LogP contribution in [0.15, 0.2) is 72.8 Å². The molecule has 7 rings (SSSR count). The zero-order valence-corrected chi connectivity index (χ0v) is 31.1. The number of carboxylic acid groups (broad SMARTS) is 1. The number of anilines is 1. The second-order valence-electron chi connectivity index (χ2n) is 15.7.